The van der Waals surface area contributed by atoms with Crippen LogP contribution >= 0.6 is 0 Å². The van der Waals surface area contributed by atoms with Crippen molar-refractivity contribution < 1.29 is 4.74 Å². The second kappa shape index (κ2) is 11.8. The number of aromatic nitrogens is 1. The first-order chi connectivity index (χ1) is 13.1. The van der Waals surface area contributed by atoms with E-state index in [1.54, 1.807) is 6.07 Å². The van der Waals surface area contributed by atoms with Gasteiger partial charge in [0.2, 0.25) is 0 Å². The minimum Gasteiger partial charge on any atom is -0.381 e. The fourth-order valence-corrected chi connectivity index (χ4v) is 3.46. The highest BCUT2D eigenvalue weighted by Crippen LogP contribution is 2.18. The zero-order valence-electron chi connectivity index (χ0n) is 17.2. The Kier molecular flexibility index (Phi) is 9.39. The van der Waals surface area contributed by atoms with Gasteiger partial charge < -0.3 is 19.5 Å². The number of pyridine rings is 1. The highest BCUT2D eigenvalue weighted by atomic mass is 16.5. The molecule has 0 radical (unpaired) electrons. The van der Waals surface area contributed by atoms with Gasteiger partial charge in [0.25, 0.3) is 5.56 Å². The van der Waals surface area contributed by atoms with Gasteiger partial charge in [-0.3, -0.25) is 9.79 Å². The van der Waals surface area contributed by atoms with Crippen molar-refractivity contribution in [1.29, 1.82) is 0 Å². The Morgan fingerprint density at radius 1 is 1.33 bits per heavy atom. The highest BCUT2D eigenvalue weighted by Gasteiger charge is 2.15. The number of aryl methyl sites for hydroxylation is 1. The van der Waals surface area contributed by atoms with Gasteiger partial charge in [0.05, 0.1) is 0 Å². The summed E-state index contributed by atoms with van der Waals surface area (Å²) in [5.74, 6) is 1.76. The summed E-state index contributed by atoms with van der Waals surface area (Å²) in [4.78, 5) is 18.9. The molecule has 1 fully saturated rings. The fourth-order valence-electron chi connectivity index (χ4n) is 3.46. The predicted octanol–water partition coefficient (Wildman–Crippen LogP) is 2.65. The molecule has 1 aliphatic rings. The van der Waals surface area contributed by atoms with Crippen molar-refractivity contribution in [2.24, 2.45) is 10.9 Å². The summed E-state index contributed by atoms with van der Waals surface area (Å²) in [6.45, 7) is 9.34. The summed E-state index contributed by atoms with van der Waals surface area (Å²) in [5.41, 5.74) is 1.10. The topological polar surface area (TPSA) is 58.9 Å². The van der Waals surface area contributed by atoms with Crippen molar-refractivity contribution in [2.45, 2.75) is 52.5 Å². The maximum atomic E-state index is 11.9. The SMILES string of the molecule is CCNC(=NCCCCn1c(C)cccc1=O)N(C)CCC1CCOCC1. The van der Waals surface area contributed by atoms with Crippen LogP contribution < -0.4 is 10.9 Å². The van der Waals surface area contributed by atoms with Crippen LogP contribution in [0.2, 0.25) is 0 Å². The van der Waals surface area contributed by atoms with Gasteiger partial charge >= 0.3 is 0 Å². The smallest absolute Gasteiger partial charge is 0.250 e. The minimum absolute atomic E-state index is 0.0830. The monoisotopic (exact) mass is 376 g/mol. The average Bonchev–Trinajstić information content (AvgIpc) is 2.67. The number of aliphatic imine (C=N–C) groups is 1. The Morgan fingerprint density at radius 2 is 2.11 bits per heavy atom. The van der Waals surface area contributed by atoms with E-state index in [2.05, 4.69) is 24.2 Å². The van der Waals surface area contributed by atoms with Crippen LogP contribution in [-0.2, 0) is 11.3 Å². The van der Waals surface area contributed by atoms with Gasteiger partial charge in [-0.1, -0.05) is 6.07 Å². The van der Waals surface area contributed by atoms with Crippen molar-refractivity contribution in [1.82, 2.24) is 14.8 Å². The molecule has 1 aromatic rings. The Bertz CT molecular complexity index is 635. The van der Waals surface area contributed by atoms with E-state index in [9.17, 15) is 4.79 Å². The van der Waals surface area contributed by atoms with E-state index in [-0.39, 0.29) is 5.56 Å². The first kappa shape index (κ1) is 21.5. The third-order valence-electron chi connectivity index (χ3n) is 5.23. The summed E-state index contributed by atoms with van der Waals surface area (Å²) in [7, 11) is 2.12. The van der Waals surface area contributed by atoms with Gasteiger partial charge in [-0.15, -0.1) is 0 Å². The van der Waals surface area contributed by atoms with Crippen LogP contribution in [0.15, 0.2) is 28.0 Å². The van der Waals surface area contributed by atoms with Gasteiger partial charge in [0.1, 0.15) is 0 Å². The standard InChI is InChI=1S/C21H36N4O2/c1-4-22-21(24(3)15-10-19-11-16-27-17-12-19)23-13-5-6-14-25-18(2)8-7-9-20(25)26/h7-9,19H,4-6,10-17H2,1-3H3,(H,22,23). The molecule has 0 aromatic carbocycles. The molecular weight excluding hydrogens is 340 g/mol. The van der Waals surface area contributed by atoms with E-state index in [1.165, 1.54) is 19.3 Å². The molecule has 2 rings (SSSR count). The van der Waals surface area contributed by atoms with Crippen molar-refractivity contribution in [3.05, 3.63) is 34.2 Å². The molecule has 0 aliphatic carbocycles. The summed E-state index contributed by atoms with van der Waals surface area (Å²) in [6, 6.07) is 5.43. The van der Waals surface area contributed by atoms with Crippen LogP contribution in [0, 0.1) is 12.8 Å². The van der Waals surface area contributed by atoms with Gasteiger partial charge in [-0.2, -0.15) is 0 Å². The predicted molar refractivity (Wildman–Crippen MR) is 111 cm³/mol. The largest absolute Gasteiger partial charge is 0.381 e. The van der Waals surface area contributed by atoms with E-state index >= 15 is 0 Å². The molecule has 0 saturated carbocycles. The summed E-state index contributed by atoms with van der Waals surface area (Å²) >= 11 is 0. The molecule has 27 heavy (non-hydrogen) atoms. The van der Waals surface area contributed by atoms with Gasteiger partial charge in [-0.05, 0) is 57.9 Å². The Labute approximate surface area is 163 Å². The Morgan fingerprint density at radius 3 is 2.81 bits per heavy atom. The molecule has 1 aromatic heterocycles. The second-order valence-corrected chi connectivity index (χ2v) is 7.37. The van der Waals surface area contributed by atoms with Crippen molar-refractivity contribution in [2.75, 3.05) is 39.9 Å². The molecule has 0 spiro atoms. The lowest BCUT2D eigenvalue weighted by Gasteiger charge is -2.26. The lowest BCUT2D eigenvalue weighted by molar-refractivity contribution is 0.0625. The van der Waals surface area contributed by atoms with E-state index in [4.69, 9.17) is 9.73 Å². The lowest BCUT2D eigenvalue weighted by Crippen LogP contribution is -2.40. The quantitative estimate of drug-likeness (QED) is 0.409. The van der Waals surface area contributed by atoms with Gasteiger partial charge in [0, 0.05) is 58.2 Å². The number of guanidine groups is 1. The number of hydrogen-bond donors (Lipinski definition) is 1. The molecular formula is C21H36N4O2. The molecule has 0 bridgehead atoms. The van der Waals surface area contributed by atoms with Gasteiger partial charge in [0.15, 0.2) is 5.96 Å². The van der Waals surface area contributed by atoms with Crippen LogP contribution in [-0.4, -0.2) is 55.3 Å². The molecule has 0 atom stereocenters. The third kappa shape index (κ3) is 7.37. The van der Waals surface area contributed by atoms with E-state index in [0.29, 0.717) is 0 Å². The lowest BCUT2D eigenvalue weighted by atomic mass is 9.96. The second-order valence-electron chi connectivity index (χ2n) is 7.37. The summed E-state index contributed by atoms with van der Waals surface area (Å²) in [5, 5.41) is 3.39. The molecule has 152 valence electrons. The molecule has 6 nitrogen and oxygen atoms in total. The van der Waals surface area contributed by atoms with Gasteiger partial charge in [-0.25, -0.2) is 0 Å². The zero-order valence-corrected chi connectivity index (χ0v) is 17.2. The minimum atomic E-state index is 0.0830. The Balaban J connectivity index is 1.75. The highest BCUT2D eigenvalue weighted by molar-refractivity contribution is 5.79. The summed E-state index contributed by atoms with van der Waals surface area (Å²) in [6.07, 6.45) is 5.49. The molecule has 2 heterocycles. The van der Waals surface area contributed by atoms with Crippen molar-refractivity contribution in [3.63, 3.8) is 0 Å². The van der Waals surface area contributed by atoms with E-state index in [1.807, 2.05) is 23.6 Å². The zero-order chi connectivity index (χ0) is 19.5. The molecule has 1 aliphatic heterocycles. The molecule has 1 saturated heterocycles. The first-order valence-corrected chi connectivity index (χ1v) is 10.4. The number of unbranched alkanes of at least 4 members (excludes halogenated alkanes) is 1. The maximum Gasteiger partial charge on any atom is 0.250 e. The molecule has 0 amide bonds. The molecule has 0 unspecified atom stereocenters. The maximum absolute atomic E-state index is 11.9. The first-order valence-electron chi connectivity index (χ1n) is 10.4. The fraction of sp³-hybridized carbons (Fsp3) is 0.714. The molecule has 1 N–H and O–H groups in total. The third-order valence-corrected chi connectivity index (χ3v) is 5.23. The molecule has 6 heteroatoms. The summed E-state index contributed by atoms with van der Waals surface area (Å²) < 4.78 is 7.29. The average molecular weight is 377 g/mol. The van der Waals surface area contributed by atoms with Crippen LogP contribution in [0.1, 0.15) is 44.7 Å². The number of hydrogen-bond acceptors (Lipinski definition) is 3. The number of ether oxygens (including phenoxy) is 1. The van der Waals surface area contributed by atoms with E-state index < -0.39 is 0 Å². The van der Waals surface area contributed by atoms with Crippen LogP contribution in [0.5, 0.6) is 0 Å². The van der Waals surface area contributed by atoms with Crippen LogP contribution in [0.25, 0.3) is 0 Å². The normalized spacial score (nSPS) is 15.7. The number of nitrogens with zero attached hydrogens (tertiary/aromatic N) is 3. The Hall–Kier alpha value is -1.82. The van der Waals surface area contributed by atoms with Crippen molar-refractivity contribution >= 4 is 5.96 Å². The van der Waals surface area contributed by atoms with Crippen LogP contribution in [0.4, 0.5) is 0 Å². The van der Waals surface area contributed by atoms with Crippen molar-refractivity contribution in [3.8, 4) is 0 Å². The number of rotatable bonds is 9. The van der Waals surface area contributed by atoms with Crippen LogP contribution in [0.3, 0.4) is 0 Å². The number of nitrogens with one attached hydrogen (secondary N) is 1. The van der Waals surface area contributed by atoms with E-state index in [0.717, 1.165) is 69.8 Å².